The fraction of sp³-hybridized carbons (Fsp3) is 0.409. The summed E-state index contributed by atoms with van der Waals surface area (Å²) in [5, 5.41) is 0. The van der Waals surface area contributed by atoms with E-state index in [0.29, 0.717) is 29.7 Å². The van der Waals surface area contributed by atoms with Gasteiger partial charge < -0.3 is 14.2 Å². The molecule has 1 saturated heterocycles. The van der Waals surface area contributed by atoms with Gasteiger partial charge in [-0.1, -0.05) is 30.3 Å². The van der Waals surface area contributed by atoms with Crippen LogP contribution in [0.3, 0.4) is 0 Å². The van der Waals surface area contributed by atoms with Crippen LogP contribution < -0.4 is 4.74 Å². The Balaban J connectivity index is 1.43. The van der Waals surface area contributed by atoms with Gasteiger partial charge in [0.1, 0.15) is 18.2 Å². The number of carbonyl (C=O) groups excluding carboxylic acids is 1. The lowest BCUT2D eigenvalue weighted by atomic mass is 9.98. The van der Waals surface area contributed by atoms with Gasteiger partial charge in [0.05, 0.1) is 18.8 Å². The minimum absolute atomic E-state index is 0.132. The number of nitrogens with zero attached hydrogens (tertiary/aromatic N) is 1. The molecule has 0 unspecified atom stereocenters. The van der Waals surface area contributed by atoms with Crippen LogP contribution in [-0.2, 0) is 37.5 Å². The van der Waals surface area contributed by atoms with E-state index >= 15 is 0 Å². The molecular weight excluding hydrogens is 425 g/mol. The summed E-state index contributed by atoms with van der Waals surface area (Å²) in [5.41, 5.74) is 1.82. The van der Waals surface area contributed by atoms with Crippen molar-refractivity contribution in [3.8, 4) is 5.75 Å². The minimum atomic E-state index is -3.26. The van der Waals surface area contributed by atoms with Gasteiger partial charge in [-0.2, -0.15) is 0 Å². The molecule has 0 amide bonds. The lowest BCUT2D eigenvalue weighted by Crippen LogP contribution is -2.40. The van der Waals surface area contributed by atoms with E-state index in [2.05, 4.69) is 0 Å². The van der Waals surface area contributed by atoms with Gasteiger partial charge >= 0.3 is 5.97 Å². The largest absolute Gasteiger partial charge is 0.460 e. The van der Waals surface area contributed by atoms with Crippen molar-refractivity contribution >= 4 is 16.0 Å². The highest BCUT2D eigenvalue weighted by Crippen LogP contribution is 2.37. The molecule has 0 radical (unpaired) electrons. The van der Waals surface area contributed by atoms with Crippen molar-refractivity contribution in [2.45, 2.75) is 32.3 Å². The third-order valence-corrected chi connectivity index (χ3v) is 6.82. The van der Waals surface area contributed by atoms with E-state index in [9.17, 15) is 17.6 Å². The van der Waals surface area contributed by atoms with Gasteiger partial charge in [-0.05, 0) is 25.0 Å². The van der Waals surface area contributed by atoms with Crippen molar-refractivity contribution < 1.29 is 31.8 Å². The second kappa shape index (κ2) is 8.94. The number of sulfonamides is 1. The highest BCUT2D eigenvalue weighted by atomic mass is 32.2. The number of fused-ring (bicyclic) bond motifs is 1. The average molecular weight is 450 g/mol. The molecule has 1 atom stereocenters. The quantitative estimate of drug-likeness (QED) is 0.653. The highest BCUT2D eigenvalue weighted by molar-refractivity contribution is 7.88. The van der Waals surface area contributed by atoms with Crippen molar-refractivity contribution in [1.29, 1.82) is 0 Å². The topological polar surface area (TPSA) is 82.1 Å². The fourth-order valence-electron chi connectivity index (χ4n) is 3.85. The lowest BCUT2D eigenvalue weighted by Gasteiger charge is -2.30. The normalized spacial score (nSPS) is 20.0. The Hall–Kier alpha value is -2.49. The average Bonchev–Trinajstić information content (AvgIpc) is 2.77. The molecule has 7 nitrogen and oxygen atoms in total. The Morgan fingerprint density at radius 1 is 1.19 bits per heavy atom. The molecule has 4 rings (SSSR count). The van der Waals surface area contributed by atoms with Crippen LogP contribution in [-0.4, -0.2) is 38.0 Å². The summed E-state index contributed by atoms with van der Waals surface area (Å²) in [4.78, 5) is 12.5. The van der Waals surface area contributed by atoms with Gasteiger partial charge in [0.2, 0.25) is 16.3 Å². The Morgan fingerprint density at radius 3 is 2.58 bits per heavy atom. The first-order valence-electron chi connectivity index (χ1n) is 10.1. The molecule has 9 heteroatoms. The third-order valence-electron chi connectivity index (χ3n) is 5.52. The molecule has 0 spiro atoms. The van der Waals surface area contributed by atoms with E-state index in [1.165, 1.54) is 16.4 Å². The number of benzene rings is 2. The Morgan fingerprint density at radius 2 is 1.90 bits per heavy atom. The molecule has 2 aromatic carbocycles. The number of hydrogen-bond donors (Lipinski definition) is 0. The second-order valence-electron chi connectivity index (χ2n) is 7.77. The van der Waals surface area contributed by atoms with Gasteiger partial charge in [0.15, 0.2) is 0 Å². The lowest BCUT2D eigenvalue weighted by molar-refractivity contribution is -0.151. The molecular formula is C22H24FNO6S. The van der Waals surface area contributed by atoms with Gasteiger partial charge in [-0.15, -0.1) is 0 Å². The number of rotatable bonds is 5. The van der Waals surface area contributed by atoms with Crippen LogP contribution >= 0.6 is 0 Å². The summed E-state index contributed by atoms with van der Waals surface area (Å²) < 4.78 is 55.8. The van der Waals surface area contributed by atoms with Crippen LogP contribution in [0.1, 0.15) is 35.8 Å². The molecule has 0 saturated carbocycles. The van der Waals surface area contributed by atoms with Gasteiger partial charge in [-0.25, -0.2) is 17.1 Å². The predicted molar refractivity (Wildman–Crippen MR) is 110 cm³/mol. The first-order chi connectivity index (χ1) is 14.8. The molecule has 0 aliphatic carbocycles. The fourth-order valence-corrected chi connectivity index (χ4v) is 4.72. The summed E-state index contributed by atoms with van der Waals surface area (Å²) in [7, 11) is -3.26. The van der Waals surface area contributed by atoms with Crippen molar-refractivity contribution in [2.24, 2.45) is 5.92 Å². The first-order valence-corrected chi connectivity index (χ1v) is 11.9. The molecule has 0 bridgehead atoms. The van der Waals surface area contributed by atoms with Crippen LogP contribution in [0.5, 0.6) is 5.75 Å². The van der Waals surface area contributed by atoms with Gasteiger partial charge in [-0.3, -0.25) is 4.79 Å². The monoisotopic (exact) mass is 449 g/mol. The highest BCUT2D eigenvalue weighted by Gasteiger charge is 2.31. The van der Waals surface area contributed by atoms with Crippen molar-refractivity contribution in [3.05, 3.63) is 65.0 Å². The van der Waals surface area contributed by atoms with E-state index in [0.717, 1.165) is 11.8 Å². The maximum absolute atomic E-state index is 14.1. The van der Waals surface area contributed by atoms with E-state index < -0.39 is 28.1 Å². The zero-order valence-electron chi connectivity index (χ0n) is 17.1. The standard InChI is InChI=1S/C22H24FNO6S/c1-31(26,27)24-9-7-15(8-10-24)21(25)28-13-17-11-19(23)12-18-14-29-22(30-20(17)18)16-5-3-2-4-6-16/h2-6,11-12,15,22H,7-10,13-14H2,1H3/t22-/m0/s1. The van der Waals surface area contributed by atoms with E-state index in [1.807, 2.05) is 30.3 Å². The molecule has 2 aliphatic rings. The van der Waals surface area contributed by atoms with Crippen LogP contribution in [0, 0.1) is 11.7 Å². The predicted octanol–water partition coefficient (Wildman–Crippen LogP) is 3.15. The molecule has 2 heterocycles. The molecule has 2 aromatic rings. The van der Waals surface area contributed by atoms with Crippen LogP contribution in [0.2, 0.25) is 0 Å². The van der Waals surface area contributed by atoms with E-state index in [4.69, 9.17) is 14.2 Å². The van der Waals surface area contributed by atoms with Crippen molar-refractivity contribution in [3.63, 3.8) is 0 Å². The number of hydrogen-bond acceptors (Lipinski definition) is 6. The Kier molecular flexibility index (Phi) is 6.27. The zero-order chi connectivity index (χ0) is 22.0. The first kappa shape index (κ1) is 21.7. The van der Waals surface area contributed by atoms with Crippen LogP contribution in [0.25, 0.3) is 0 Å². The smallest absolute Gasteiger partial charge is 0.309 e. The number of piperidine rings is 1. The summed E-state index contributed by atoms with van der Waals surface area (Å²) in [5.74, 6) is -0.806. The number of ether oxygens (including phenoxy) is 3. The molecule has 2 aliphatic heterocycles. The van der Waals surface area contributed by atoms with Crippen molar-refractivity contribution in [1.82, 2.24) is 4.31 Å². The SMILES string of the molecule is CS(=O)(=O)N1CCC(C(=O)OCc2cc(F)cc3c2O[C@@H](c2ccccc2)OC3)CC1. The number of esters is 1. The van der Waals surface area contributed by atoms with Gasteiger partial charge in [0, 0.05) is 29.8 Å². The molecule has 1 fully saturated rings. The van der Waals surface area contributed by atoms with E-state index in [-0.39, 0.29) is 32.2 Å². The maximum atomic E-state index is 14.1. The van der Waals surface area contributed by atoms with Crippen molar-refractivity contribution in [2.75, 3.05) is 19.3 Å². The summed E-state index contributed by atoms with van der Waals surface area (Å²) in [6.45, 7) is 0.616. The zero-order valence-corrected chi connectivity index (χ0v) is 17.9. The molecule has 166 valence electrons. The summed E-state index contributed by atoms with van der Waals surface area (Å²) in [6, 6.07) is 12.0. The number of halogens is 1. The number of carbonyl (C=O) groups is 1. The third kappa shape index (κ3) is 5.06. The molecule has 0 aromatic heterocycles. The maximum Gasteiger partial charge on any atom is 0.309 e. The minimum Gasteiger partial charge on any atom is -0.460 e. The van der Waals surface area contributed by atoms with Crippen LogP contribution in [0.15, 0.2) is 42.5 Å². The summed E-state index contributed by atoms with van der Waals surface area (Å²) >= 11 is 0. The second-order valence-corrected chi connectivity index (χ2v) is 9.75. The molecule has 31 heavy (non-hydrogen) atoms. The van der Waals surface area contributed by atoms with Crippen LogP contribution in [0.4, 0.5) is 4.39 Å². The van der Waals surface area contributed by atoms with Gasteiger partial charge in [0.25, 0.3) is 0 Å². The molecule has 0 N–H and O–H groups in total. The Bertz CT molecular complexity index is 1050. The van der Waals surface area contributed by atoms with E-state index in [1.54, 1.807) is 0 Å². The Labute approximate surface area is 180 Å². The summed E-state index contributed by atoms with van der Waals surface area (Å²) in [6.07, 6.45) is 1.32.